The highest BCUT2D eigenvalue weighted by Gasteiger charge is 2.03. The van der Waals surface area contributed by atoms with Crippen LogP contribution in [0.4, 0.5) is 11.6 Å². The summed E-state index contributed by atoms with van der Waals surface area (Å²) in [4.78, 5) is 8.75. The fraction of sp³-hybridized carbons (Fsp3) is 0.667. The maximum Gasteiger partial charge on any atom is 0.145 e. The molecule has 1 rings (SSSR count). The summed E-state index contributed by atoms with van der Waals surface area (Å²) in [6, 6.07) is 1.83. The molecule has 4 N–H and O–H groups in total. The Bertz CT molecular complexity index is 338. The molecule has 0 saturated heterocycles. The minimum Gasteiger partial charge on any atom is -0.370 e. The molecule has 0 aromatic carbocycles. The molecule has 0 fully saturated rings. The zero-order valence-corrected chi connectivity index (χ0v) is 11.0. The van der Waals surface area contributed by atoms with E-state index >= 15 is 0 Å². The Morgan fingerprint density at radius 1 is 1.29 bits per heavy atom. The van der Waals surface area contributed by atoms with Crippen LogP contribution in [0.2, 0.25) is 0 Å². The van der Waals surface area contributed by atoms with Crippen molar-refractivity contribution in [1.82, 2.24) is 9.97 Å². The van der Waals surface area contributed by atoms with Crippen LogP contribution in [0.15, 0.2) is 6.07 Å². The predicted octanol–water partition coefficient (Wildman–Crippen LogP) is 2.17. The molecule has 0 spiro atoms. The van der Waals surface area contributed by atoms with Crippen LogP contribution < -0.4 is 16.6 Å². The number of hydrazine groups is 1. The lowest BCUT2D eigenvalue weighted by Crippen LogP contribution is -2.13. The van der Waals surface area contributed by atoms with Crippen molar-refractivity contribution < 1.29 is 0 Å². The van der Waals surface area contributed by atoms with Gasteiger partial charge in [-0.25, -0.2) is 15.8 Å². The normalized spacial score (nSPS) is 10.6. The molecule has 1 aromatic rings. The third kappa shape index (κ3) is 4.99. The van der Waals surface area contributed by atoms with Crippen molar-refractivity contribution in [2.24, 2.45) is 11.8 Å². The molecule has 0 aliphatic carbocycles. The minimum absolute atomic E-state index is 0.662. The molecule has 96 valence electrons. The molecule has 0 radical (unpaired) electrons. The molecule has 1 aromatic heterocycles. The highest BCUT2D eigenvalue weighted by Crippen LogP contribution is 2.12. The molecule has 0 unspecified atom stereocenters. The number of nitrogens with one attached hydrogen (secondary N) is 2. The Balaban J connectivity index is 2.66. The van der Waals surface area contributed by atoms with E-state index in [-0.39, 0.29) is 0 Å². The average Bonchev–Trinajstić information content (AvgIpc) is 2.28. The van der Waals surface area contributed by atoms with Crippen molar-refractivity contribution in [1.29, 1.82) is 0 Å². The number of aryl methyl sites for hydroxylation is 1. The van der Waals surface area contributed by atoms with Gasteiger partial charge in [0.1, 0.15) is 17.5 Å². The van der Waals surface area contributed by atoms with Crippen molar-refractivity contribution >= 4 is 11.6 Å². The second kappa shape index (κ2) is 7.06. The maximum atomic E-state index is 5.39. The van der Waals surface area contributed by atoms with Crippen molar-refractivity contribution in [3.63, 3.8) is 0 Å². The summed E-state index contributed by atoms with van der Waals surface area (Å²) in [6.07, 6.45) is 3.02. The molecule has 0 saturated carbocycles. The molecule has 1 heterocycles. The minimum atomic E-state index is 0.662. The van der Waals surface area contributed by atoms with Crippen molar-refractivity contribution in [3.8, 4) is 0 Å². The van der Waals surface area contributed by atoms with Gasteiger partial charge >= 0.3 is 0 Å². The Hall–Kier alpha value is -1.36. The average molecular weight is 237 g/mol. The molecule has 5 heteroatoms. The first-order chi connectivity index (χ1) is 8.15. The number of hydrogen-bond donors (Lipinski definition) is 3. The first kappa shape index (κ1) is 13.7. The molecular formula is C12H23N5. The Kier molecular flexibility index (Phi) is 5.69. The van der Waals surface area contributed by atoms with Crippen LogP contribution in [0.5, 0.6) is 0 Å². The summed E-state index contributed by atoms with van der Waals surface area (Å²) in [5.41, 5.74) is 2.57. The lowest BCUT2D eigenvalue weighted by atomic mass is 10.1. The van der Waals surface area contributed by atoms with E-state index in [1.54, 1.807) is 0 Å². The Morgan fingerprint density at radius 3 is 2.59 bits per heavy atom. The van der Waals surface area contributed by atoms with Gasteiger partial charge in [-0.1, -0.05) is 20.8 Å². The van der Waals surface area contributed by atoms with Crippen LogP contribution >= 0.6 is 0 Å². The highest BCUT2D eigenvalue weighted by atomic mass is 15.3. The number of nitrogen functional groups attached to an aromatic ring is 1. The Labute approximate surface area is 103 Å². The van der Waals surface area contributed by atoms with Crippen molar-refractivity contribution in [2.45, 2.75) is 40.0 Å². The van der Waals surface area contributed by atoms with Gasteiger partial charge in [0.2, 0.25) is 0 Å². The van der Waals surface area contributed by atoms with Crippen LogP contribution in [0.25, 0.3) is 0 Å². The van der Waals surface area contributed by atoms with Gasteiger partial charge in [-0.15, -0.1) is 0 Å². The fourth-order valence-corrected chi connectivity index (χ4v) is 1.49. The van der Waals surface area contributed by atoms with Crippen LogP contribution in [0.3, 0.4) is 0 Å². The van der Waals surface area contributed by atoms with Gasteiger partial charge < -0.3 is 10.7 Å². The molecule has 0 bridgehead atoms. The molecule has 0 aliphatic heterocycles. The lowest BCUT2D eigenvalue weighted by Gasteiger charge is -2.10. The molecule has 5 nitrogen and oxygen atoms in total. The van der Waals surface area contributed by atoms with Crippen molar-refractivity contribution in [3.05, 3.63) is 11.9 Å². The first-order valence-corrected chi connectivity index (χ1v) is 6.24. The van der Waals surface area contributed by atoms with E-state index in [4.69, 9.17) is 5.84 Å². The number of nitrogens with two attached hydrogens (primary N) is 1. The maximum absolute atomic E-state index is 5.39. The van der Waals surface area contributed by atoms with Crippen LogP contribution in [0.1, 0.15) is 39.4 Å². The van der Waals surface area contributed by atoms with E-state index in [2.05, 4.69) is 41.5 Å². The second-order valence-electron chi connectivity index (χ2n) is 4.56. The van der Waals surface area contributed by atoms with E-state index in [9.17, 15) is 0 Å². The van der Waals surface area contributed by atoms with Gasteiger partial charge in [-0.3, -0.25) is 0 Å². The summed E-state index contributed by atoms with van der Waals surface area (Å²) in [7, 11) is 0. The largest absolute Gasteiger partial charge is 0.370 e. The van der Waals surface area contributed by atoms with Crippen LogP contribution in [-0.2, 0) is 6.42 Å². The number of aromatic nitrogens is 2. The fourth-order valence-electron chi connectivity index (χ4n) is 1.49. The van der Waals surface area contributed by atoms with Crippen LogP contribution in [-0.4, -0.2) is 16.5 Å². The van der Waals surface area contributed by atoms with E-state index in [0.29, 0.717) is 11.7 Å². The summed E-state index contributed by atoms with van der Waals surface area (Å²) < 4.78 is 0. The standard InChI is InChI=1S/C12H23N5/c1-4-5-10-15-11(8-12(16-10)17-13)14-7-6-9(2)3/h8-9H,4-7,13H2,1-3H3,(H2,14,15,16,17). The van der Waals surface area contributed by atoms with E-state index in [0.717, 1.165) is 37.4 Å². The lowest BCUT2D eigenvalue weighted by molar-refractivity contribution is 0.606. The molecule has 0 amide bonds. The molecule has 0 atom stereocenters. The smallest absolute Gasteiger partial charge is 0.145 e. The van der Waals surface area contributed by atoms with Gasteiger partial charge in [-0.05, 0) is 18.8 Å². The molecule has 17 heavy (non-hydrogen) atoms. The topological polar surface area (TPSA) is 75.9 Å². The summed E-state index contributed by atoms with van der Waals surface area (Å²) in [5.74, 6) is 8.41. The monoisotopic (exact) mass is 237 g/mol. The Morgan fingerprint density at radius 2 is 2.00 bits per heavy atom. The van der Waals surface area contributed by atoms with Gasteiger partial charge in [0.05, 0.1) is 0 Å². The quantitative estimate of drug-likeness (QED) is 0.500. The zero-order chi connectivity index (χ0) is 12.7. The SMILES string of the molecule is CCCc1nc(NN)cc(NCCC(C)C)n1. The summed E-state index contributed by atoms with van der Waals surface area (Å²) in [6.45, 7) is 7.44. The third-order valence-corrected chi connectivity index (χ3v) is 2.42. The van der Waals surface area contributed by atoms with Crippen molar-refractivity contribution in [2.75, 3.05) is 17.3 Å². The zero-order valence-electron chi connectivity index (χ0n) is 11.0. The number of hydrogen-bond acceptors (Lipinski definition) is 5. The van der Waals surface area contributed by atoms with Gasteiger partial charge in [-0.2, -0.15) is 0 Å². The van der Waals surface area contributed by atoms with Gasteiger partial charge in [0.25, 0.3) is 0 Å². The summed E-state index contributed by atoms with van der Waals surface area (Å²) in [5, 5.41) is 3.30. The van der Waals surface area contributed by atoms with E-state index in [1.165, 1.54) is 0 Å². The van der Waals surface area contributed by atoms with E-state index < -0.39 is 0 Å². The predicted molar refractivity (Wildman–Crippen MR) is 71.8 cm³/mol. The number of rotatable bonds is 7. The molecular weight excluding hydrogens is 214 g/mol. The highest BCUT2D eigenvalue weighted by molar-refractivity contribution is 5.46. The van der Waals surface area contributed by atoms with E-state index in [1.807, 2.05) is 6.07 Å². The first-order valence-electron chi connectivity index (χ1n) is 6.24. The van der Waals surface area contributed by atoms with Gasteiger partial charge in [0.15, 0.2) is 0 Å². The van der Waals surface area contributed by atoms with Crippen LogP contribution in [0, 0.1) is 5.92 Å². The van der Waals surface area contributed by atoms with Gasteiger partial charge in [0, 0.05) is 19.0 Å². The molecule has 0 aliphatic rings. The third-order valence-electron chi connectivity index (χ3n) is 2.42. The summed E-state index contributed by atoms with van der Waals surface area (Å²) >= 11 is 0. The second-order valence-corrected chi connectivity index (χ2v) is 4.56. The number of nitrogens with zero attached hydrogens (tertiary/aromatic N) is 2. The number of anilines is 2.